The molecule has 0 N–H and O–H groups in total. The normalized spacial score (nSPS) is 11.5. The first-order chi connectivity index (χ1) is 30.8. The summed E-state index contributed by atoms with van der Waals surface area (Å²) in [4.78, 5) is 0. The van der Waals surface area contributed by atoms with E-state index in [1.165, 1.54) is 121 Å². The van der Waals surface area contributed by atoms with Crippen molar-refractivity contribution in [3.05, 3.63) is 243 Å². The van der Waals surface area contributed by atoms with Crippen molar-refractivity contribution in [2.45, 2.75) is 0 Å². The van der Waals surface area contributed by atoms with E-state index in [4.69, 9.17) is 0 Å². The van der Waals surface area contributed by atoms with E-state index in [0.29, 0.717) is 0 Å². The monoisotopic (exact) mass is 784 g/mol. The molecule has 0 aliphatic heterocycles. The highest BCUT2D eigenvalue weighted by Crippen LogP contribution is 2.48. The molecule has 12 aromatic carbocycles. The van der Waals surface area contributed by atoms with Crippen LogP contribution in [0.5, 0.6) is 0 Å². The van der Waals surface area contributed by atoms with Crippen molar-refractivity contribution in [3.8, 4) is 66.8 Å². The third kappa shape index (κ3) is 5.99. The fraction of sp³-hybridized carbons (Fsp3) is 0. The molecular weight excluding hydrogens is 745 g/mol. The number of fused-ring (bicyclic) bond motifs is 5. The van der Waals surface area contributed by atoms with Crippen molar-refractivity contribution in [1.82, 2.24) is 0 Å². The molecule has 0 aromatic heterocycles. The van der Waals surface area contributed by atoms with Gasteiger partial charge in [0.2, 0.25) is 0 Å². The zero-order chi connectivity index (χ0) is 41.0. The molecule has 0 fully saturated rings. The smallest absolute Gasteiger partial charge is 0.00264 e. The first-order valence-electron chi connectivity index (χ1n) is 21.5. The summed E-state index contributed by atoms with van der Waals surface area (Å²) in [6, 6.07) is 89.5. The number of hydrogen-bond donors (Lipinski definition) is 0. The van der Waals surface area contributed by atoms with Crippen molar-refractivity contribution < 1.29 is 0 Å². The third-order valence-electron chi connectivity index (χ3n) is 12.9. The molecule has 0 nitrogen and oxygen atoms in total. The van der Waals surface area contributed by atoms with Crippen LogP contribution in [0.25, 0.3) is 121 Å². The van der Waals surface area contributed by atoms with E-state index in [1.54, 1.807) is 0 Å². The van der Waals surface area contributed by atoms with Gasteiger partial charge in [0.15, 0.2) is 0 Å². The number of hydrogen-bond acceptors (Lipinski definition) is 0. The minimum Gasteiger partial charge on any atom is -0.0622 e. The van der Waals surface area contributed by atoms with Gasteiger partial charge in [0.25, 0.3) is 0 Å². The van der Waals surface area contributed by atoms with Gasteiger partial charge in [-0.05, 0) is 133 Å². The van der Waals surface area contributed by atoms with Crippen LogP contribution in [0.3, 0.4) is 0 Å². The number of benzene rings is 12. The maximum Gasteiger partial charge on any atom is -0.00264 e. The molecule has 0 bridgehead atoms. The van der Waals surface area contributed by atoms with Crippen LogP contribution in [0, 0.1) is 0 Å². The van der Waals surface area contributed by atoms with Gasteiger partial charge < -0.3 is 0 Å². The SMILES string of the molecule is c1ccc(-c2c(-c3ccc(-c4ccc5ccccc5c4)c4ccccc34)ccc3c(-c4ccccc4)c(-c4ccc(-c5ccc6ccccc6c5)c5ccccc45)ccc23)cc1. The molecule has 0 radical (unpaired) electrons. The molecule has 62 heavy (non-hydrogen) atoms. The molecule has 0 unspecified atom stereocenters. The molecule has 12 aromatic rings. The van der Waals surface area contributed by atoms with Gasteiger partial charge in [-0.1, -0.05) is 231 Å². The molecule has 0 saturated heterocycles. The Labute approximate surface area is 361 Å². The zero-order valence-electron chi connectivity index (χ0n) is 34.1. The summed E-state index contributed by atoms with van der Waals surface area (Å²) in [5.74, 6) is 0. The minimum atomic E-state index is 1.20. The van der Waals surface area contributed by atoms with Gasteiger partial charge in [0.05, 0.1) is 0 Å². The maximum atomic E-state index is 2.38. The van der Waals surface area contributed by atoms with Crippen molar-refractivity contribution in [2.75, 3.05) is 0 Å². The summed E-state index contributed by atoms with van der Waals surface area (Å²) >= 11 is 0. The highest BCUT2D eigenvalue weighted by Gasteiger charge is 2.21. The average Bonchev–Trinajstić information content (AvgIpc) is 3.35. The second-order valence-electron chi connectivity index (χ2n) is 16.3. The number of rotatable bonds is 6. The van der Waals surface area contributed by atoms with Crippen LogP contribution in [-0.4, -0.2) is 0 Å². The summed E-state index contributed by atoms with van der Waals surface area (Å²) < 4.78 is 0. The Morgan fingerprint density at radius 1 is 0.161 bits per heavy atom. The molecule has 0 heterocycles. The fourth-order valence-electron chi connectivity index (χ4n) is 9.97. The molecular formula is C62H40. The Hall–Kier alpha value is -8.06. The van der Waals surface area contributed by atoms with Crippen LogP contribution in [-0.2, 0) is 0 Å². The van der Waals surface area contributed by atoms with Gasteiger partial charge in [0, 0.05) is 0 Å². The minimum absolute atomic E-state index is 1.20. The lowest BCUT2D eigenvalue weighted by atomic mass is 9.82. The average molecular weight is 785 g/mol. The van der Waals surface area contributed by atoms with Gasteiger partial charge in [-0.2, -0.15) is 0 Å². The molecule has 0 spiro atoms. The van der Waals surface area contributed by atoms with E-state index in [1.807, 2.05) is 0 Å². The van der Waals surface area contributed by atoms with Crippen molar-refractivity contribution >= 4 is 53.9 Å². The highest BCUT2D eigenvalue weighted by molar-refractivity contribution is 6.17. The lowest BCUT2D eigenvalue weighted by molar-refractivity contribution is 1.60. The third-order valence-corrected chi connectivity index (χ3v) is 12.9. The Morgan fingerprint density at radius 3 is 0.903 bits per heavy atom. The van der Waals surface area contributed by atoms with E-state index >= 15 is 0 Å². The maximum absolute atomic E-state index is 2.38. The summed E-state index contributed by atoms with van der Waals surface area (Å²) in [7, 11) is 0. The lowest BCUT2D eigenvalue weighted by Crippen LogP contribution is -1.94. The Balaban J connectivity index is 1.09. The molecule has 0 aliphatic carbocycles. The Morgan fingerprint density at radius 2 is 0.484 bits per heavy atom. The summed E-state index contributed by atoms with van der Waals surface area (Å²) in [5, 5.41) is 12.5. The van der Waals surface area contributed by atoms with Gasteiger partial charge in [0.1, 0.15) is 0 Å². The van der Waals surface area contributed by atoms with E-state index in [-0.39, 0.29) is 0 Å². The zero-order valence-corrected chi connectivity index (χ0v) is 34.1. The molecule has 0 heteroatoms. The standard InChI is InChI=1S/C62H40/c1-3-17-43(18-4-1)61-57(55-33-31-49(51-23-11-13-25-53(51)55)47-29-27-41-15-7-9-21-45(41)39-47)35-38-60-59(61)37-36-58(62(60)44-19-5-2-6-20-44)56-34-32-50(52-24-12-14-26-54(52)56)48-30-28-42-16-8-10-22-46(42)40-48/h1-40H. The van der Waals surface area contributed by atoms with Crippen LogP contribution < -0.4 is 0 Å². The largest absolute Gasteiger partial charge is 0.0622 e. The predicted octanol–water partition coefficient (Wildman–Crippen LogP) is 17.5. The molecule has 0 atom stereocenters. The predicted molar refractivity (Wildman–Crippen MR) is 267 cm³/mol. The van der Waals surface area contributed by atoms with Crippen LogP contribution in [0.1, 0.15) is 0 Å². The van der Waals surface area contributed by atoms with E-state index in [9.17, 15) is 0 Å². The van der Waals surface area contributed by atoms with Crippen molar-refractivity contribution in [2.24, 2.45) is 0 Å². The van der Waals surface area contributed by atoms with E-state index < -0.39 is 0 Å². The fourth-order valence-corrected chi connectivity index (χ4v) is 9.97. The summed E-state index contributed by atoms with van der Waals surface area (Å²) in [5.41, 5.74) is 14.7. The van der Waals surface area contributed by atoms with E-state index in [0.717, 1.165) is 0 Å². The molecule has 288 valence electrons. The van der Waals surface area contributed by atoms with Crippen LogP contribution in [0.2, 0.25) is 0 Å². The first-order valence-corrected chi connectivity index (χ1v) is 21.5. The second-order valence-corrected chi connectivity index (χ2v) is 16.3. The van der Waals surface area contributed by atoms with Crippen LogP contribution in [0.4, 0.5) is 0 Å². The quantitative estimate of drug-likeness (QED) is 0.158. The van der Waals surface area contributed by atoms with Gasteiger partial charge >= 0.3 is 0 Å². The van der Waals surface area contributed by atoms with Gasteiger partial charge in [-0.15, -0.1) is 0 Å². The molecule has 12 rings (SSSR count). The van der Waals surface area contributed by atoms with E-state index in [2.05, 4.69) is 243 Å². The van der Waals surface area contributed by atoms with Gasteiger partial charge in [-0.25, -0.2) is 0 Å². The van der Waals surface area contributed by atoms with Crippen molar-refractivity contribution in [1.29, 1.82) is 0 Å². The van der Waals surface area contributed by atoms with Crippen LogP contribution >= 0.6 is 0 Å². The Kier molecular flexibility index (Phi) is 8.61. The molecule has 0 saturated carbocycles. The summed E-state index contributed by atoms with van der Waals surface area (Å²) in [6.07, 6.45) is 0. The highest BCUT2D eigenvalue weighted by atomic mass is 14.2. The van der Waals surface area contributed by atoms with Crippen molar-refractivity contribution in [3.63, 3.8) is 0 Å². The second kappa shape index (κ2) is 14.9. The Bertz CT molecular complexity index is 3430. The molecule has 0 aliphatic rings. The lowest BCUT2D eigenvalue weighted by Gasteiger charge is -2.21. The first kappa shape index (κ1) is 35.8. The topological polar surface area (TPSA) is 0 Å². The molecule has 0 amide bonds. The van der Waals surface area contributed by atoms with Gasteiger partial charge in [-0.3, -0.25) is 0 Å². The summed E-state index contributed by atoms with van der Waals surface area (Å²) in [6.45, 7) is 0. The van der Waals surface area contributed by atoms with Crippen LogP contribution in [0.15, 0.2) is 243 Å².